The van der Waals surface area contributed by atoms with Crippen LogP contribution in [0.4, 0.5) is 0 Å². The van der Waals surface area contributed by atoms with Gasteiger partial charge in [-0.2, -0.15) is 0 Å². The third-order valence-corrected chi connectivity index (χ3v) is 4.16. The molecule has 0 radical (unpaired) electrons. The number of benzene rings is 1. The largest absolute Gasteiger partial charge is 0.423 e. The lowest BCUT2D eigenvalue weighted by Crippen LogP contribution is -2.03. The molecule has 0 spiro atoms. The first-order chi connectivity index (χ1) is 8.82. The Morgan fingerprint density at radius 1 is 0.737 bits per heavy atom. The molecule has 0 unspecified atom stereocenters. The minimum atomic E-state index is -0.287. The van der Waals surface area contributed by atoms with Gasteiger partial charge in [-0.15, -0.1) is 0 Å². The SMILES string of the molecule is Cc1cc(-c2c(C)c(C)c(C)c(C)c2C)oc(=O)c1. The lowest BCUT2D eigenvalue weighted by molar-refractivity contribution is 0.523. The van der Waals surface area contributed by atoms with E-state index >= 15 is 0 Å². The molecule has 0 aliphatic carbocycles. The quantitative estimate of drug-likeness (QED) is 0.767. The first kappa shape index (κ1) is 13.6. The van der Waals surface area contributed by atoms with Crippen LogP contribution in [0.3, 0.4) is 0 Å². The molecule has 2 aromatic rings. The van der Waals surface area contributed by atoms with Crippen LogP contribution in [-0.4, -0.2) is 0 Å². The zero-order valence-corrected chi connectivity index (χ0v) is 12.5. The average molecular weight is 256 g/mol. The van der Waals surface area contributed by atoms with Crippen molar-refractivity contribution in [1.82, 2.24) is 0 Å². The molecule has 2 rings (SSSR count). The Morgan fingerprint density at radius 2 is 1.21 bits per heavy atom. The molecular formula is C17H20O2. The van der Waals surface area contributed by atoms with Gasteiger partial charge >= 0.3 is 5.63 Å². The van der Waals surface area contributed by atoms with Gasteiger partial charge in [0.25, 0.3) is 0 Å². The van der Waals surface area contributed by atoms with Gasteiger partial charge in [0, 0.05) is 11.6 Å². The molecule has 1 aromatic carbocycles. The van der Waals surface area contributed by atoms with E-state index in [1.807, 2.05) is 13.0 Å². The van der Waals surface area contributed by atoms with Crippen molar-refractivity contribution in [3.8, 4) is 11.3 Å². The second-order valence-corrected chi connectivity index (χ2v) is 5.32. The summed E-state index contributed by atoms with van der Waals surface area (Å²) in [6.07, 6.45) is 0. The molecule has 0 aliphatic rings. The molecule has 0 aliphatic heterocycles. The highest BCUT2D eigenvalue weighted by Crippen LogP contribution is 2.33. The van der Waals surface area contributed by atoms with Crippen LogP contribution >= 0.6 is 0 Å². The molecule has 0 saturated carbocycles. The molecule has 19 heavy (non-hydrogen) atoms. The van der Waals surface area contributed by atoms with Crippen molar-refractivity contribution in [3.05, 3.63) is 55.9 Å². The van der Waals surface area contributed by atoms with Gasteiger partial charge in [-0.25, -0.2) is 4.79 Å². The molecule has 0 amide bonds. The van der Waals surface area contributed by atoms with Crippen LogP contribution in [0, 0.1) is 41.5 Å². The highest BCUT2D eigenvalue weighted by Gasteiger charge is 2.15. The van der Waals surface area contributed by atoms with Crippen molar-refractivity contribution < 1.29 is 4.42 Å². The van der Waals surface area contributed by atoms with Gasteiger partial charge in [0.15, 0.2) is 0 Å². The fourth-order valence-corrected chi connectivity index (χ4v) is 2.59. The van der Waals surface area contributed by atoms with E-state index in [-0.39, 0.29) is 5.63 Å². The van der Waals surface area contributed by atoms with Gasteiger partial charge in [-0.1, -0.05) is 0 Å². The second-order valence-electron chi connectivity index (χ2n) is 5.32. The Labute approximate surface area is 114 Å². The van der Waals surface area contributed by atoms with Crippen molar-refractivity contribution in [2.24, 2.45) is 0 Å². The Kier molecular flexibility index (Phi) is 3.36. The van der Waals surface area contributed by atoms with Gasteiger partial charge in [0.05, 0.1) is 0 Å². The topological polar surface area (TPSA) is 30.2 Å². The lowest BCUT2D eigenvalue weighted by atomic mass is 9.88. The minimum absolute atomic E-state index is 0.287. The molecule has 1 heterocycles. The fourth-order valence-electron chi connectivity index (χ4n) is 2.59. The first-order valence-corrected chi connectivity index (χ1v) is 6.52. The molecule has 0 bridgehead atoms. The van der Waals surface area contributed by atoms with Gasteiger partial charge < -0.3 is 4.42 Å². The third kappa shape index (κ3) is 2.23. The zero-order chi connectivity index (χ0) is 14.3. The van der Waals surface area contributed by atoms with Crippen molar-refractivity contribution in [2.75, 3.05) is 0 Å². The van der Waals surface area contributed by atoms with Gasteiger partial charge in [0.1, 0.15) is 5.76 Å². The summed E-state index contributed by atoms with van der Waals surface area (Å²) in [4.78, 5) is 11.6. The highest BCUT2D eigenvalue weighted by atomic mass is 16.4. The summed E-state index contributed by atoms with van der Waals surface area (Å²) in [7, 11) is 0. The number of rotatable bonds is 1. The van der Waals surface area contributed by atoms with Crippen LogP contribution < -0.4 is 5.63 Å². The molecule has 0 atom stereocenters. The van der Waals surface area contributed by atoms with Crippen LogP contribution in [0.5, 0.6) is 0 Å². The van der Waals surface area contributed by atoms with E-state index < -0.39 is 0 Å². The zero-order valence-electron chi connectivity index (χ0n) is 12.5. The maximum absolute atomic E-state index is 11.6. The van der Waals surface area contributed by atoms with Crippen LogP contribution in [0.25, 0.3) is 11.3 Å². The van der Waals surface area contributed by atoms with Crippen LogP contribution in [-0.2, 0) is 0 Å². The summed E-state index contributed by atoms with van der Waals surface area (Å²) >= 11 is 0. The predicted molar refractivity (Wildman–Crippen MR) is 78.8 cm³/mol. The van der Waals surface area contributed by atoms with E-state index in [1.54, 1.807) is 0 Å². The van der Waals surface area contributed by atoms with Gasteiger partial charge in [-0.3, -0.25) is 0 Å². The minimum Gasteiger partial charge on any atom is -0.423 e. The number of hydrogen-bond acceptors (Lipinski definition) is 2. The van der Waals surface area contributed by atoms with Crippen molar-refractivity contribution in [3.63, 3.8) is 0 Å². The summed E-state index contributed by atoms with van der Waals surface area (Å²) < 4.78 is 5.40. The summed E-state index contributed by atoms with van der Waals surface area (Å²) in [6, 6.07) is 3.45. The lowest BCUT2D eigenvalue weighted by Gasteiger charge is -2.18. The summed E-state index contributed by atoms with van der Waals surface area (Å²) in [5.41, 5.74) is 7.92. The van der Waals surface area contributed by atoms with E-state index in [2.05, 4.69) is 34.6 Å². The average Bonchev–Trinajstić information content (AvgIpc) is 2.33. The third-order valence-electron chi connectivity index (χ3n) is 4.16. The maximum Gasteiger partial charge on any atom is 0.336 e. The van der Waals surface area contributed by atoms with Crippen molar-refractivity contribution in [1.29, 1.82) is 0 Å². The monoisotopic (exact) mass is 256 g/mol. The Morgan fingerprint density at radius 3 is 1.68 bits per heavy atom. The van der Waals surface area contributed by atoms with Gasteiger partial charge in [0.2, 0.25) is 0 Å². The molecule has 0 N–H and O–H groups in total. The summed E-state index contributed by atoms with van der Waals surface area (Å²) in [5.74, 6) is 0.672. The van der Waals surface area contributed by atoms with Gasteiger partial charge in [-0.05, 0) is 81.0 Å². The van der Waals surface area contributed by atoms with E-state index in [9.17, 15) is 4.79 Å². The Balaban J connectivity index is 2.86. The fraction of sp³-hybridized carbons (Fsp3) is 0.353. The number of aryl methyl sites for hydroxylation is 1. The normalized spacial score (nSPS) is 10.8. The van der Waals surface area contributed by atoms with Crippen LogP contribution in [0.15, 0.2) is 21.3 Å². The second kappa shape index (κ2) is 4.69. The Hall–Kier alpha value is -1.83. The molecule has 2 nitrogen and oxygen atoms in total. The maximum atomic E-state index is 11.6. The smallest absolute Gasteiger partial charge is 0.336 e. The van der Waals surface area contributed by atoms with E-state index in [0.29, 0.717) is 5.76 Å². The molecule has 2 heteroatoms. The summed E-state index contributed by atoms with van der Waals surface area (Å²) in [5, 5.41) is 0. The van der Waals surface area contributed by atoms with E-state index in [0.717, 1.165) is 11.1 Å². The molecule has 1 aromatic heterocycles. The highest BCUT2D eigenvalue weighted by molar-refractivity contribution is 5.71. The van der Waals surface area contributed by atoms with E-state index in [4.69, 9.17) is 4.42 Å². The molecule has 0 fully saturated rings. The van der Waals surface area contributed by atoms with Crippen LogP contribution in [0.2, 0.25) is 0 Å². The number of hydrogen-bond donors (Lipinski definition) is 0. The van der Waals surface area contributed by atoms with Crippen molar-refractivity contribution >= 4 is 0 Å². The van der Waals surface area contributed by atoms with E-state index in [1.165, 1.54) is 33.9 Å². The Bertz CT molecular complexity index is 677. The summed E-state index contributed by atoms with van der Waals surface area (Å²) in [6.45, 7) is 12.5. The van der Waals surface area contributed by atoms with Crippen molar-refractivity contribution in [2.45, 2.75) is 41.5 Å². The molecule has 0 saturated heterocycles. The van der Waals surface area contributed by atoms with Crippen LogP contribution in [0.1, 0.15) is 33.4 Å². The standard InChI is InChI=1S/C17H20O2/c1-9-7-15(19-16(18)8-9)17-13(5)11(3)10(2)12(4)14(17)6/h7-8H,1-6H3. The first-order valence-electron chi connectivity index (χ1n) is 6.52. The molecule has 100 valence electrons. The predicted octanol–water partition coefficient (Wildman–Crippen LogP) is 4.16. The molecular weight excluding hydrogens is 236 g/mol.